The van der Waals surface area contributed by atoms with Gasteiger partial charge in [-0.2, -0.15) is 0 Å². The topological polar surface area (TPSA) is 78.5 Å². The van der Waals surface area contributed by atoms with Gasteiger partial charge >= 0.3 is 6.03 Å². The number of carbonyl (C=O) groups is 3. The number of nitrogens with zero attached hydrogens (tertiary/aromatic N) is 1. The van der Waals surface area contributed by atoms with Gasteiger partial charge in [-0.25, -0.2) is 4.79 Å². The summed E-state index contributed by atoms with van der Waals surface area (Å²) >= 11 is 7.03. The molecule has 3 rings (SSSR count). The predicted molar refractivity (Wildman–Crippen MR) is 108 cm³/mol. The fraction of sp³-hybridized carbons (Fsp3) is 0.316. The molecule has 3 amide bonds. The van der Waals surface area contributed by atoms with E-state index in [0.717, 1.165) is 25.9 Å². The van der Waals surface area contributed by atoms with E-state index in [2.05, 4.69) is 10.6 Å². The van der Waals surface area contributed by atoms with Crippen LogP contribution in [0.25, 0.3) is 0 Å². The summed E-state index contributed by atoms with van der Waals surface area (Å²) in [6.45, 7) is 1.49. The monoisotopic (exact) mass is 405 g/mol. The van der Waals surface area contributed by atoms with E-state index in [1.54, 1.807) is 41.3 Å². The molecule has 0 spiro atoms. The van der Waals surface area contributed by atoms with Crippen LogP contribution in [-0.4, -0.2) is 35.7 Å². The van der Waals surface area contributed by atoms with Crippen molar-refractivity contribution in [1.82, 2.24) is 4.90 Å². The second kappa shape index (κ2) is 9.01. The minimum absolute atomic E-state index is 0.0583. The molecule has 1 aromatic heterocycles. The Kier molecular flexibility index (Phi) is 6.47. The highest BCUT2D eigenvalue weighted by Gasteiger charge is 2.19. The molecule has 2 N–H and O–H groups in total. The summed E-state index contributed by atoms with van der Waals surface area (Å²) in [4.78, 5) is 38.9. The fourth-order valence-electron chi connectivity index (χ4n) is 2.84. The zero-order chi connectivity index (χ0) is 19.2. The Labute approximate surface area is 166 Å². The Balaban J connectivity index is 1.55. The van der Waals surface area contributed by atoms with E-state index in [1.165, 1.54) is 11.3 Å². The molecule has 1 aliphatic heterocycles. The van der Waals surface area contributed by atoms with Gasteiger partial charge in [0.2, 0.25) is 5.91 Å². The number of thiophene rings is 1. The molecule has 0 atom stereocenters. The third kappa shape index (κ3) is 5.30. The molecule has 1 fully saturated rings. The lowest BCUT2D eigenvalue weighted by Crippen LogP contribution is -2.32. The van der Waals surface area contributed by atoms with Gasteiger partial charge in [-0.1, -0.05) is 23.7 Å². The SMILES string of the molecule is O=C(CCC(=O)c1ccc(Cl)s1)Nc1ccccc1NC(=O)N1CCCC1. The third-order valence-electron chi connectivity index (χ3n) is 4.26. The summed E-state index contributed by atoms with van der Waals surface area (Å²) in [6, 6.07) is 10.2. The van der Waals surface area contributed by atoms with Crippen LogP contribution in [0.3, 0.4) is 0 Å². The van der Waals surface area contributed by atoms with Gasteiger partial charge in [-0.3, -0.25) is 9.59 Å². The Hall–Kier alpha value is -2.38. The Bertz CT molecular complexity index is 846. The minimum atomic E-state index is -0.283. The standard InChI is InChI=1S/C19H20ClN3O3S/c20-17-9-8-16(27-17)15(24)7-10-18(25)21-13-5-1-2-6-14(13)22-19(26)23-11-3-4-12-23/h1-2,5-6,8-9H,3-4,7,10-12H2,(H,21,25)(H,22,26). The Morgan fingerprint density at radius 1 is 0.963 bits per heavy atom. The Morgan fingerprint density at radius 3 is 2.26 bits per heavy atom. The molecule has 0 saturated carbocycles. The molecule has 0 unspecified atom stereocenters. The van der Waals surface area contributed by atoms with Crippen molar-refractivity contribution < 1.29 is 14.4 Å². The van der Waals surface area contributed by atoms with Gasteiger partial charge < -0.3 is 15.5 Å². The first kappa shape index (κ1) is 19.4. The van der Waals surface area contributed by atoms with E-state index in [9.17, 15) is 14.4 Å². The number of rotatable bonds is 6. The van der Waals surface area contributed by atoms with Crippen molar-refractivity contribution in [2.24, 2.45) is 0 Å². The number of carbonyl (C=O) groups excluding carboxylic acids is 3. The van der Waals surface area contributed by atoms with E-state index in [-0.39, 0.29) is 30.6 Å². The number of anilines is 2. The van der Waals surface area contributed by atoms with Crippen molar-refractivity contribution in [3.05, 3.63) is 45.6 Å². The molecular formula is C19H20ClN3O3S. The highest BCUT2D eigenvalue weighted by atomic mass is 35.5. The summed E-state index contributed by atoms with van der Waals surface area (Å²) in [5.41, 5.74) is 1.06. The number of likely N-dealkylation sites (tertiary alicyclic amines) is 1. The number of hydrogen-bond acceptors (Lipinski definition) is 4. The van der Waals surface area contributed by atoms with Crippen LogP contribution in [-0.2, 0) is 4.79 Å². The minimum Gasteiger partial charge on any atom is -0.325 e. The van der Waals surface area contributed by atoms with Gasteiger partial charge in [0, 0.05) is 25.9 Å². The van der Waals surface area contributed by atoms with E-state index in [0.29, 0.717) is 20.6 Å². The number of benzene rings is 1. The van der Waals surface area contributed by atoms with Crippen LogP contribution in [0.5, 0.6) is 0 Å². The quantitative estimate of drug-likeness (QED) is 0.687. The predicted octanol–water partition coefficient (Wildman–Crippen LogP) is 4.63. The molecule has 1 aliphatic rings. The van der Waals surface area contributed by atoms with Crippen molar-refractivity contribution in [1.29, 1.82) is 0 Å². The molecule has 2 heterocycles. The number of halogens is 1. The first-order valence-electron chi connectivity index (χ1n) is 8.76. The molecule has 1 saturated heterocycles. The van der Waals surface area contributed by atoms with Gasteiger partial charge in [0.1, 0.15) is 0 Å². The average molecular weight is 406 g/mol. The molecule has 27 heavy (non-hydrogen) atoms. The smallest absolute Gasteiger partial charge is 0.321 e. The van der Waals surface area contributed by atoms with E-state index in [1.807, 2.05) is 0 Å². The first-order valence-corrected chi connectivity index (χ1v) is 9.96. The van der Waals surface area contributed by atoms with Crippen LogP contribution in [0.1, 0.15) is 35.4 Å². The first-order chi connectivity index (χ1) is 13.0. The van der Waals surface area contributed by atoms with Crippen molar-refractivity contribution in [2.45, 2.75) is 25.7 Å². The van der Waals surface area contributed by atoms with Gasteiger partial charge in [-0.05, 0) is 37.1 Å². The number of ketones is 1. The van der Waals surface area contributed by atoms with E-state index < -0.39 is 0 Å². The lowest BCUT2D eigenvalue weighted by atomic mass is 10.2. The maximum absolute atomic E-state index is 12.3. The average Bonchev–Trinajstić information content (AvgIpc) is 3.33. The summed E-state index contributed by atoms with van der Waals surface area (Å²) in [5.74, 6) is -0.397. The third-order valence-corrected chi connectivity index (χ3v) is 5.54. The molecule has 142 valence electrons. The van der Waals surface area contributed by atoms with Crippen LogP contribution in [0, 0.1) is 0 Å². The second-order valence-electron chi connectivity index (χ2n) is 6.25. The van der Waals surface area contributed by atoms with Crippen molar-refractivity contribution in [2.75, 3.05) is 23.7 Å². The summed E-state index contributed by atoms with van der Waals surface area (Å²) in [5, 5.41) is 5.62. The van der Waals surface area contributed by atoms with E-state index >= 15 is 0 Å². The van der Waals surface area contributed by atoms with Crippen LogP contribution in [0.4, 0.5) is 16.2 Å². The summed E-state index contributed by atoms with van der Waals surface area (Å²) in [7, 11) is 0. The van der Waals surface area contributed by atoms with Crippen LogP contribution in [0.2, 0.25) is 4.34 Å². The summed E-state index contributed by atoms with van der Waals surface area (Å²) in [6.07, 6.45) is 2.18. The highest BCUT2D eigenvalue weighted by molar-refractivity contribution is 7.18. The number of nitrogens with one attached hydrogen (secondary N) is 2. The zero-order valence-corrected chi connectivity index (χ0v) is 16.2. The highest BCUT2D eigenvalue weighted by Crippen LogP contribution is 2.24. The molecule has 6 nitrogen and oxygen atoms in total. The maximum Gasteiger partial charge on any atom is 0.321 e. The Morgan fingerprint density at radius 2 is 1.63 bits per heavy atom. The largest absolute Gasteiger partial charge is 0.325 e. The van der Waals surface area contributed by atoms with Crippen LogP contribution < -0.4 is 10.6 Å². The van der Waals surface area contributed by atoms with Crippen molar-refractivity contribution >= 4 is 52.0 Å². The number of urea groups is 1. The van der Waals surface area contributed by atoms with Crippen LogP contribution in [0.15, 0.2) is 36.4 Å². The molecule has 0 aliphatic carbocycles. The van der Waals surface area contributed by atoms with Gasteiger partial charge in [0.15, 0.2) is 5.78 Å². The lowest BCUT2D eigenvalue weighted by molar-refractivity contribution is -0.116. The zero-order valence-electron chi connectivity index (χ0n) is 14.7. The number of hydrogen-bond donors (Lipinski definition) is 2. The number of para-hydroxylation sites is 2. The lowest BCUT2D eigenvalue weighted by Gasteiger charge is -2.18. The molecule has 0 radical (unpaired) electrons. The number of amides is 3. The molecule has 8 heteroatoms. The molecule has 1 aromatic carbocycles. The second-order valence-corrected chi connectivity index (χ2v) is 7.96. The van der Waals surface area contributed by atoms with Gasteiger partial charge in [0.25, 0.3) is 0 Å². The van der Waals surface area contributed by atoms with Crippen molar-refractivity contribution in [3.8, 4) is 0 Å². The molecular weight excluding hydrogens is 386 g/mol. The van der Waals surface area contributed by atoms with Crippen LogP contribution >= 0.6 is 22.9 Å². The summed E-state index contributed by atoms with van der Waals surface area (Å²) < 4.78 is 0.547. The van der Waals surface area contributed by atoms with Crippen molar-refractivity contribution in [3.63, 3.8) is 0 Å². The molecule has 0 bridgehead atoms. The van der Waals surface area contributed by atoms with Gasteiger partial charge in [-0.15, -0.1) is 11.3 Å². The molecule has 2 aromatic rings. The fourth-order valence-corrected chi connectivity index (χ4v) is 3.85. The maximum atomic E-state index is 12.3. The number of Topliss-reactive ketones (excluding diaryl/α,β-unsaturated/α-hetero) is 1. The normalized spacial score (nSPS) is 13.4. The van der Waals surface area contributed by atoms with E-state index in [4.69, 9.17) is 11.6 Å². The van der Waals surface area contributed by atoms with Gasteiger partial charge in [0.05, 0.1) is 20.6 Å².